The third-order valence-electron chi connectivity index (χ3n) is 4.29. The third-order valence-corrected chi connectivity index (χ3v) is 7.57. The van der Waals surface area contributed by atoms with Crippen LogP contribution < -0.4 is 4.72 Å². The molecule has 1 aromatic carbocycles. The van der Waals surface area contributed by atoms with E-state index in [-0.39, 0.29) is 27.6 Å². The molecule has 4 aromatic rings. The largest absolute Gasteiger partial charge is 0.462 e. The molecule has 0 aliphatic rings. The highest BCUT2D eigenvalue weighted by Gasteiger charge is 2.28. The first-order valence-corrected chi connectivity index (χ1v) is 11.9. The summed E-state index contributed by atoms with van der Waals surface area (Å²) in [4.78, 5) is 17.6. The fourth-order valence-corrected chi connectivity index (χ4v) is 6.20. The van der Waals surface area contributed by atoms with E-state index in [2.05, 4.69) is 18.5 Å². The summed E-state index contributed by atoms with van der Waals surface area (Å²) in [6.07, 6.45) is 1.64. The fourth-order valence-electron chi connectivity index (χ4n) is 2.95. The molecule has 0 saturated carbocycles. The number of nitrogens with one attached hydrogen (secondary N) is 1. The third kappa shape index (κ3) is 3.66. The number of pyridine rings is 1. The molecule has 4 rings (SSSR count). The number of fused-ring (bicyclic) bond motifs is 1. The molecule has 0 atom stereocenters. The second-order valence-electron chi connectivity index (χ2n) is 6.19. The molecule has 0 amide bonds. The van der Waals surface area contributed by atoms with Crippen LogP contribution in [0.3, 0.4) is 0 Å². The molecule has 3 aromatic heterocycles. The van der Waals surface area contributed by atoms with Gasteiger partial charge in [-0.25, -0.2) is 13.2 Å². The zero-order valence-electron chi connectivity index (χ0n) is 15.9. The van der Waals surface area contributed by atoms with Crippen LogP contribution in [0.15, 0.2) is 47.5 Å². The van der Waals surface area contributed by atoms with Gasteiger partial charge in [-0.15, -0.1) is 11.3 Å². The molecule has 8 nitrogen and oxygen atoms in total. The van der Waals surface area contributed by atoms with Crippen molar-refractivity contribution in [1.29, 1.82) is 0 Å². The van der Waals surface area contributed by atoms with Gasteiger partial charge >= 0.3 is 5.97 Å². The molecule has 0 aliphatic heterocycles. The number of thiophene rings is 1. The lowest BCUT2D eigenvalue weighted by atomic mass is 10.1. The molecule has 0 saturated heterocycles. The van der Waals surface area contributed by atoms with Crippen LogP contribution in [-0.2, 0) is 14.8 Å². The molecule has 30 heavy (non-hydrogen) atoms. The highest BCUT2D eigenvalue weighted by molar-refractivity contribution is 7.93. The van der Waals surface area contributed by atoms with Gasteiger partial charge in [0, 0.05) is 6.20 Å². The SMILES string of the molecule is CCOC(=O)c1c(NS(=O)(=O)c2cccc3nsnc23)sc(-c2ccccn2)c1C. The van der Waals surface area contributed by atoms with Crippen molar-refractivity contribution in [3.8, 4) is 10.6 Å². The number of anilines is 1. The molecular formula is C19H16N4O4S3. The van der Waals surface area contributed by atoms with Gasteiger partial charge in [0.1, 0.15) is 20.9 Å². The number of carbonyl (C=O) groups is 1. The van der Waals surface area contributed by atoms with Crippen LogP contribution in [0.1, 0.15) is 22.8 Å². The number of carbonyl (C=O) groups excluding carboxylic acids is 1. The lowest BCUT2D eigenvalue weighted by Gasteiger charge is -2.09. The average molecular weight is 461 g/mol. The van der Waals surface area contributed by atoms with E-state index in [1.165, 1.54) is 6.07 Å². The van der Waals surface area contributed by atoms with Gasteiger partial charge in [-0.1, -0.05) is 12.1 Å². The Bertz CT molecular complexity index is 1330. The average Bonchev–Trinajstić information content (AvgIpc) is 3.32. The molecule has 1 N–H and O–H groups in total. The van der Waals surface area contributed by atoms with Crippen molar-refractivity contribution in [3.05, 3.63) is 53.7 Å². The molecule has 11 heteroatoms. The number of hydrogen-bond acceptors (Lipinski definition) is 9. The van der Waals surface area contributed by atoms with Gasteiger partial charge in [-0.2, -0.15) is 8.75 Å². The van der Waals surface area contributed by atoms with Gasteiger partial charge in [0.05, 0.1) is 34.5 Å². The maximum absolute atomic E-state index is 13.2. The minimum absolute atomic E-state index is 0.00556. The number of esters is 1. The molecule has 0 unspecified atom stereocenters. The maximum atomic E-state index is 13.2. The first-order chi connectivity index (χ1) is 14.4. The number of sulfonamides is 1. The molecular weight excluding hydrogens is 444 g/mol. The number of aromatic nitrogens is 3. The summed E-state index contributed by atoms with van der Waals surface area (Å²) in [5, 5.41) is 0.173. The predicted molar refractivity (Wildman–Crippen MR) is 116 cm³/mol. The van der Waals surface area contributed by atoms with Crippen molar-refractivity contribution in [2.75, 3.05) is 11.3 Å². The highest BCUT2D eigenvalue weighted by Crippen LogP contribution is 2.40. The van der Waals surface area contributed by atoms with Gasteiger partial charge in [0.2, 0.25) is 0 Å². The Labute approximate surface area is 180 Å². The van der Waals surface area contributed by atoms with E-state index < -0.39 is 16.0 Å². The first-order valence-electron chi connectivity index (χ1n) is 8.88. The van der Waals surface area contributed by atoms with Crippen molar-refractivity contribution in [1.82, 2.24) is 13.7 Å². The van der Waals surface area contributed by atoms with E-state index in [0.29, 0.717) is 21.7 Å². The predicted octanol–water partition coefficient (Wildman–Crippen LogP) is 4.10. The molecule has 0 spiro atoms. The lowest BCUT2D eigenvalue weighted by Crippen LogP contribution is -2.16. The Kier molecular flexibility index (Phi) is 5.50. The normalized spacial score (nSPS) is 11.5. The smallest absolute Gasteiger partial charge is 0.341 e. The minimum Gasteiger partial charge on any atom is -0.462 e. The Hall–Kier alpha value is -2.89. The molecule has 0 aliphatic carbocycles. The van der Waals surface area contributed by atoms with Crippen molar-refractivity contribution < 1.29 is 17.9 Å². The van der Waals surface area contributed by atoms with E-state index in [1.54, 1.807) is 44.3 Å². The quantitative estimate of drug-likeness (QED) is 0.431. The number of rotatable bonds is 6. The summed E-state index contributed by atoms with van der Waals surface area (Å²) in [6.45, 7) is 3.61. The Morgan fingerprint density at radius 1 is 1.17 bits per heavy atom. The van der Waals surface area contributed by atoms with Crippen molar-refractivity contribution in [3.63, 3.8) is 0 Å². The van der Waals surface area contributed by atoms with Crippen molar-refractivity contribution in [2.24, 2.45) is 0 Å². The second-order valence-corrected chi connectivity index (χ2v) is 9.39. The van der Waals surface area contributed by atoms with Gasteiger partial charge in [0.15, 0.2) is 0 Å². The maximum Gasteiger partial charge on any atom is 0.341 e. The summed E-state index contributed by atoms with van der Waals surface area (Å²) in [5.41, 5.74) is 2.19. The van der Waals surface area contributed by atoms with Crippen LogP contribution >= 0.6 is 23.1 Å². The summed E-state index contributed by atoms with van der Waals surface area (Å²) in [7, 11) is -4.03. The Morgan fingerprint density at radius 3 is 2.73 bits per heavy atom. The fraction of sp³-hybridized carbons (Fsp3) is 0.158. The monoisotopic (exact) mass is 460 g/mol. The van der Waals surface area contributed by atoms with Crippen molar-refractivity contribution >= 4 is 55.1 Å². The standard InChI is InChI=1S/C19H16N4O4S3/c1-3-27-19(24)15-11(2)17(13-7-4-5-10-20-13)28-18(15)23-30(25,26)14-9-6-8-12-16(14)22-29-21-12/h4-10,23H,3H2,1-2H3. The van der Waals surface area contributed by atoms with Crippen LogP contribution in [0.4, 0.5) is 5.00 Å². The van der Waals surface area contributed by atoms with Crippen LogP contribution in [0.25, 0.3) is 21.6 Å². The Morgan fingerprint density at radius 2 is 2.00 bits per heavy atom. The van der Waals surface area contributed by atoms with Crippen molar-refractivity contribution in [2.45, 2.75) is 18.7 Å². The highest BCUT2D eigenvalue weighted by atomic mass is 32.2. The Balaban J connectivity index is 1.83. The molecule has 0 bridgehead atoms. The van der Waals surface area contributed by atoms with Gasteiger partial charge in [0.25, 0.3) is 10.0 Å². The van der Waals surface area contributed by atoms with Crippen LogP contribution in [0.2, 0.25) is 0 Å². The summed E-state index contributed by atoms with van der Waals surface area (Å²) >= 11 is 2.07. The number of nitrogens with zero attached hydrogens (tertiary/aromatic N) is 3. The van der Waals surface area contributed by atoms with E-state index in [1.807, 2.05) is 6.07 Å². The van der Waals surface area contributed by atoms with E-state index in [4.69, 9.17) is 4.74 Å². The number of benzene rings is 1. The van der Waals surface area contributed by atoms with Gasteiger partial charge in [-0.3, -0.25) is 9.71 Å². The minimum atomic E-state index is -4.03. The van der Waals surface area contributed by atoms with Gasteiger partial charge in [-0.05, 0) is 43.7 Å². The van der Waals surface area contributed by atoms with Gasteiger partial charge < -0.3 is 4.74 Å². The summed E-state index contributed by atoms with van der Waals surface area (Å²) in [6, 6.07) is 10.2. The van der Waals surface area contributed by atoms with Crippen LogP contribution in [0, 0.1) is 6.92 Å². The molecule has 154 valence electrons. The lowest BCUT2D eigenvalue weighted by molar-refractivity contribution is 0.0527. The molecule has 3 heterocycles. The van der Waals surface area contributed by atoms with Crippen LogP contribution in [-0.4, -0.2) is 34.7 Å². The molecule has 0 radical (unpaired) electrons. The first kappa shape index (κ1) is 20.4. The molecule has 0 fully saturated rings. The zero-order chi connectivity index (χ0) is 21.3. The van der Waals surface area contributed by atoms with E-state index in [9.17, 15) is 13.2 Å². The summed E-state index contributed by atoms with van der Waals surface area (Å²) in [5.74, 6) is -0.598. The van der Waals surface area contributed by atoms with E-state index in [0.717, 1.165) is 23.1 Å². The topological polar surface area (TPSA) is 111 Å². The second kappa shape index (κ2) is 8.09. The zero-order valence-corrected chi connectivity index (χ0v) is 18.4. The number of ether oxygens (including phenoxy) is 1. The van der Waals surface area contributed by atoms with Crippen LogP contribution in [0.5, 0.6) is 0 Å². The summed E-state index contributed by atoms with van der Waals surface area (Å²) < 4.78 is 42.2. The number of hydrogen-bond donors (Lipinski definition) is 1. The van der Waals surface area contributed by atoms with E-state index >= 15 is 0 Å².